The Balaban J connectivity index is 1.74. The maximum atomic E-state index is 13.3. The fourth-order valence-corrected chi connectivity index (χ4v) is 2.83. The van der Waals surface area contributed by atoms with E-state index in [0.29, 0.717) is 0 Å². The zero-order chi connectivity index (χ0) is 12.5. The van der Waals surface area contributed by atoms with E-state index in [1.54, 1.807) is 6.07 Å². The van der Waals surface area contributed by atoms with Gasteiger partial charge < -0.3 is 4.57 Å². The minimum Gasteiger partial charge on any atom is -0.333 e. The SMILES string of the molecule is Fc1cc(Br)cc(CN2CCn3ccnc3C2)c1. The number of hydrogen-bond acceptors (Lipinski definition) is 2. The van der Waals surface area contributed by atoms with Gasteiger partial charge >= 0.3 is 0 Å². The molecule has 2 heterocycles. The van der Waals surface area contributed by atoms with Crippen molar-refractivity contribution in [2.75, 3.05) is 6.54 Å². The van der Waals surface area contributed by atoms with E-state index in [-0.39, 0.29) is 5.82 Å². The van der Waals surface area contributed by atoms with Gasteiger partial charge in [-0.1, -0.05) is 15.9 Å². The van der Waals surface area contributed by atoms with Gasteiger partial charge in [0, 0.05) is 36.5 Å². The second kappa shape index (κ2) is 4.82. The van der Waals surface area contributed by atoms with Crippen LogP contribution in [0.5, 0.6) is 0 Å². The molecule has 0 aliphatic carbocycles. The van der Waals surface area contributed by atoms with Crippen molar-refractivity contribution in [2.24, 2.45) is 0 Å². The molecule has 1 aliphatic heterocycles. The first kappa shape index (κ1) is 11.9. The molecule has 0 bridgehead atoms. The highest BCUT2D eigenvalue weighted by Crippen LogP contribution is 2.18. The average molecular weight is 310 g/mol. The summed E-state index contributed by atoms with van der Waals surface area (Å²) in [7, 11) is 0. The van der Waals surface area contributed by atoms with Crippen LogP contribution in [0.25, 0.3) is 0 Å². The molecule has 0 atom stereocenters. The van der Waals surface area contributed by atoms with Gasteiger partial charge in [0.05, 0.1) is 6.54 Å². The minimum absolute atomic E-state index is 0.196. The predicted molar refractivity (Wildman–Crippen MR) is 70.4 cm³/mol. The zero-order valence-corrected chi connectivity index (χ0v) is 11.4. The number of halogens is 2. The van der Waals surface area contributed by atoms with Gasteiger partial charge in [-0.25, -0.2) is 9.37 Å². The molecule has 1 aromatic carbocycles. The maximum absolute atomic E-state index is 13.3. The Morgan fingerprint density at radius 3 is 3.00 bits per heavy atom. The highest BCUT2D eigenvalue weighted by molar-refractivity contribution is 9.10. The first-order valence-corrected chi connectivity index (χ1v) is 6.67. The molecule has 2 aromatic rings. The van der Waals surface area contributed by atoms with Crippen LogP contribution in [0, 0.1) is 5.82 Å². The third kappa shape index (κ3) is 2.47. The maximum Gasteiger partial charge on any atom is 0.124 e. The van der Waals surface area contributed by atoms with Gasteiger partial charge in [-0.2, -0.15) is 0 Å². The smallest absolute Gasteiger partial charge is 0.124 e. The molecule has 94 valence electrons. The molecule has 5 heteroatoms. The highest BCUT2D eigenvalue weighted by Gasteiger charge is 2.16. The van der Waals surface area contributed by atoms with E-state index >= 15 is 0 Å². The number of fused-ring (bicyclic) bond motifs is 1. The van der Waals surface area contributed by atoms with Gasteiger partial charge in [0.15, 0.2) is 0 Å². The van der Waals surface area contributed by atoms with Crippen molar-refractivity contribution in [3.63, 3.8) is 0 Å². The lowest BCUT2D eigenvalue weighted by Gasteiger charge is -2.27. The molecule has 0 amide bonds. The molecule has 1 aromatic heterocycles. The summed E-state index contributed by atoms with van der Waals surface area (Å²) in [5.41, 5.74) is 0.988. The van der Waals surface area contributed by atoms with Crippen molar-refractivity contribution >= 4 is 15.9 Å². The van der Waals surface area contributed by atoms with E-state index in [1.165, 1.54) is 6.07 Å². The second-order valence-electron chi connectivity index (χ2n) is 4.53. The molecule has 0 saturated carbocycles. The first-order valence-electron chi connectivity index (χ1n) is 5.88. The van der Waals surface area contributed by atoms with Crippen LogP contribution in [0.15, 0.2) is 35.1 Å². The van der Waals surface area contributed by atoms with Gasteiger partial charge in [0.2, 0.25) is 0 Å². The first-order chi connectivity index (χ1) is 8.70. The summed E-state index contributed by atoms with van der Waals surface area (Å²) in [6.45, 7) is 3.49. The molecule has 3 nitrogen and oxygen atoms in total. The Labute approximate surface area is 113 Å². The van der Waals surface area contributed by atoms with Crippen LogP contribution in [0.4, 0.5) is 4.39 Å². The summed E-state index contributed by atoms with van der Waals surface area (Å²) in [5.74, 6) is 0.884. The predicted octanol–water partition coefficient (Wildman–Crippen LogP) is 2.80. The monoisotopic (exact) mass is 309 g/mol. The van der Waals surface area contributed by atoms with Crippen molar-refractivity contribution in [1.82, 2.24) is 14.5 Å². The van der Waals surface area contributed by atoms with Crippen LogP contribution < -0.4 is 0 Å². The zero-order valence-electron chi connectivity index (χ0n) is 9.81. The summed E-state index contributed by atoms with van der Waals surface area (Å²) >= 11 is 3.32. The Kier molecular flexibility index (Phi) is 3.18. The van der Waals surface area contributed by atoms with Crippen LogP contribution in [0.3, 0.4) is 0 Å². The summed E-state index contributed by atoms with van der Waals surface area (Å²) in [5, 5.41) is 0. The summed E-state index contributed by atoms with van der Waals surface area (Å²) < 4.78 is 16.3. The van der Waals surface area contributed by atoms with E-state index in [1.807, 2.05) is 18.5 Å². The van der Waals surface area contributed by atoms with E-state index < -0.39 is 0 Å². The molecule has 1 aliphatic rings. The van der Waals surface area contributed by atoms with Crippen LogP contribution in [0.1, 0.15) is 11.4 Å². The molecule has 3 rings (SSSR count). The van der Waals surface area contributed by atoms with Crippen LogP contribution in [-0.2, 0) is 19.6 Å². The quantitative estimate of drug-likeness (QED) is 0.850. The van der Waals surface area contributed by atoms with E-state index in [4.69, 9.17) is 0 Å². The number of rotatable bonds is 2. The number of imidazole rings is 1. The van der Waals surface area contributed by atoms with Crippen molar-refractivity contribution in [3.05, 3.63) is 52.3 Å². The van der Waals surface area contributed by atoms with Gasteiger partial charge in [-0.15, -0.1) is 0 Å². The molecule has 0 fully saturated rings. The number of benzene rings is 1. The second-order valence-corrected chi connectivity index (χ2v) is 5.44. The van der Waals surface area contributed by atoms with Gasteiger partial charge in [-0.05, 0) is 23.8 Å². The summed E-state index contributed by atoms with van der Waals surface area (Å²) in [6, 6.07) is 5.03. The topological polar surface area (TPSA) is 21.1 Å². The fourth-order valence-electron chi connectivity index (χ4n) is 2.32. The number of hydrogen-bond donors (Lipinski definition) is 0. The van der Waals surface area contributed by atoms with Gasteiger partial charge in [0.1, 0.15) is 11.6 Å². The average Bonchev–Trinajstić information content (AvgIpc) is 2.74. The highest BCUT2D eigenvalue weighted by atomic mass is 79.9. The third-order valence-electron chi connectivity index (χ3n) is 3.15. The number of aromatic nitrogens is 2. The van der Waals surface area contributed by atoms with Crippen LogP contribution >= 0.6 is 15.9 Å². The molecular formula is C13H13BrFN3. The Bertz CT molecular complexity index is 547. The lowest BCUT2D eigenvalue weighted by Crippen LogP contribution is -2.33. The van der Waals surface area contributed by atoms with Crippen molar-refractivity contribution in [3.8, 4) is 0 Å². The van der Waals surface area contributed by atoms with Crippen molar-refractivity contribution in [2.45, 2.75) is 19.6 Å². The van der Waals surface area contributed by atoms with Crippen LogP contribution in [-0.4, -0.2) is 21.0 Å². The third-order valence-corrected chi connectivity index (χ3v) is 3.61. The standard InChI is InChI=1S/C13H13BrFN3/c14-11-5-10(6-12(15)7-11)8-17-3-4-18-2-1-16-13(18)9-17/h1-2,5-7H,3-4,8-9H2. The molecular weight excluding hydrogens is 297 g/mol. The molecule has 0 spiro atoms. The molecule has 18 heavy (non-hydrogen) atoms. The van der Waals surface area contributed by atoms with Crippen molar-refractivity contribution < 1.29 is 4.39 Å². The Hall–Kier alpha value is -1.20. The Morgan fingerprint density at radius 2 is 2.17 bits per heavy atom. The lowest BCUT2D eigenvalue weighted by atomic mass is 10.2. The lowest BCUT2D eigenvalue weighted by molar-refractivity contribution is 0.208. The van der Waals surface area contributed by atoms with Crippen LogP contribution in [0.2, 0.25) is 0 Å². The summed E-state index contributed by atoms with van der Waals surface area (Å²) in [6.07, 6.45) is 3.84. The largest absolute Gasteiger partial charge is 0.333 e. The minimum atomic E-state index is -0.196. The molecule has 0 saturated heterocycles. The van der Waals surface area contributed by atoms with E-state index in [2.05, 4.69) is 30.4 Å². The molecule has 0 radical (unpaired) electrons. The van der Waals surface area contributed by atoms with E-state index in [0.717, 1.165) is 42.0 Å². The fraction of sp³-hybridized carbons (Fsp3) is 0.308. The summed E-state index contributed by atoms with van der Waals surface area (Å²) in [4.78, 5) is 6.60. The van der Waals surface area contributed by atoms with Crippen molar-refractivity contribution in [1.29, 1.82) is 0 Å². The molecule has 0 N–H and O–H groups in total. The molecule has 0 unspecified atom stereocenters. The normalized spacial score (nSPS) is 15.7. The Morgan fingerprint density at radius 1 is 1.28 bits per heavy atom. The van der Waals surface area contributed by atoms with Gasteiger partial charge in [-0.3, -0.25) is 4.90 Å². The van der Waals surface area contributed by atoms with Gasteiger partial charge in [0.25, 0.3) is 0 Å². The number of nitrogens with zero attached hydrogens (tertiary/aromatic N) is 3. The van der Waals surface area contributed by atoms with E-state index in [9.17, 15) is 4.39 Å².